The van der Waals surface area contributed by atoms with E-state index >= 15 is 0 Å². The number of likely N-dealkylation sites (tertiary alicyclic amines) is 1. The molecule has 0 spiro atoms. The molecule has 1 aromatic carbocycles. The number of anilines is 1. The molecule has 3 rings (SSSR count). The minimum absolute atomic E-state index is 0.0546. The lowest BCUT2D eigenvalue weighted by molar-refractivity contribution is -0.139. The number of amides is 2. The number of rotatable bonds is 6. The Morgan fingerprint density at radius 2 is 1.80 bits per heavy atom. The van der Waals surface area contributed by atoms with Crippen LogP contribution in [-0.2, 0) is 19.6 Å². The van der Waals surface area contributed by atoms with E-state index in [0.29, 0.717) is 37.5 Å². The first-order valence-electron chi connectivity index (χ1n) is 10.5. The number of hydrogen-bond acceptors (Lipinski definition) is 5. The molecule has 8 nitrogen and oxygen atoms in total. The highest BCUT2D eigenvalue weighted by atomic mass is 32.2. The number of sulfonamides is 1. The maximum atomic E-state index is 13.0. The molecule has 2 amide bonds. The van der Waals surface area contributed by atoms with Gasteiger partial charge in [-0.05, 0) is 43.9 Å². The van der Waals surface area contributed by atoms with Gasteiger partial charge < -0.3 is 15.0 Å². The molecule has 30 heavy (non-hydrogen) atoms. The van der Waals surface area contributed by atoms with E-state index < -0.39 is 16.1 Å². The van der Waals surface area contributed by atoms with Crippen molar-refractivity contribution >= 4 is 27.5 Å². The van der Waals surface area contributed by atoms with Crippen LogP contribution in [0.1, 0.15) is 46.0 Å². The normalized spacial score (nSPS) is 20.4. The summed E-state index contributed by atoms with van der Waals surface area (Å²) in [6.45, 7) is 5.19. The van der Waals surface area contributed by atoms with Gasteiger partial charge >= 0.3 is 0 Å². The van der Waals surface area contributed by atoms with Crippen LogP contribution < -0.4 is 10.1 Å². The Labute approximate surface area is 178 Å². The average molecular weight is 438 g/mol. The zero-order valence-corrected chi connectivity index (χ0v) is 18.7. The summed E-state index contributed by atoms with van der Waals surface area (Å²) in [4.78, 5) is 27.1. The molecule has 2 saturated heterocycles. The van der Waals surface area contributed by atoms with Crippen LogP contribution in [0.15, 0.2) is 23.1 Å². The number of carbonyl (C=O) groups is 2. The minimum atomic E-state index is -3.64. The summed E-state index contributed by atoms with van der Waals surface area (Å²) in [7, 11) is -2.17. The molecule has 0 radical (unpaired) electrons. The van der Waals surface area contributed by atoms with Crippen molar-refractivity contribution in [2.45, 2.75) is 56.9 Å². The van der Waals surface area contributed by atoms with Crippen LogP contribution in [0.25, 0.3) is 0 Å². The summed E-state index contributed by atoms with van der Waals surface area (Å²) in [6, 6.07) is 3.94. The first-order chi connectivity index (χ1) is 14.3. The standard InChI is InChI=1S/C21H31N3O5S/c1-15(2)21(26)24-13-7-8-18(24)20(25)22-17-14-16(9-10-19(17)29-3)30(27,28)23-11-5-4-6-12-23/h9-10,14-15,18H,4-8,11-13H2,1-3H3,(H,22,25). The number of hydrogen-bond donors (Lipinski definition) is 1. The van der Waals surface area contributed by atoms with E-state index in [9.17, 15) is 18.0 Å². The van der Waals surface area contributed by atoms with Crippen LogP contribution in [0.5, 0.6) is 5.75 Å². The van der Waals surface area contributed by atoms with Gasteiger partial charge in [-0.25, -0.2) is 8.42 Å². The molecular formula is C21H31N3O5S. The third kappa shape index (κ3) is 4.62. The molecule has 1 aromatic rings. The zero-order chi connectivity index (χ0) is 21.9. The summed E-state index contributed by atoms with van der Waals surface area (Å²) in [5.41, 5.74) is 0.296. The lowest BCUT2D eigenvalue weighted by Gasteiger charge is -2.27. The van der Waals surface area contributed by atoms with Crippen molar-refractivity contribution in [1.29, 1.82) is 0 Å². The Hall–Kier alpha value is -2.13. The zero-order valence-electron chi connectivity index (χ0n) is 17.9. The van der Waals surface area contributed by atoms with E-state index in [4.69, 9.17) is 4.74 Å². The van der Waals surface area contributed by atoms with Crippen LogP contribution in [0.4, 0.5) is 5.69 Å². The molecule has 166 valence electrons. The quantitative estimate of drug-likeness (QED) is 0.738. The Morgan fingerprint density at radius 3 is 2.43 bits per heavy atom. The third-order valence-electron chi connectivity index (χ3n) is 5.71. The number of ether oxygens (including phenoxy) is 1. The van der Waals surface area contributed by atoms with E-state index in [2.05, 4.69) is 5.32 Å². The number of nitrogens with one attached hydrogen (secondary N) is 1. The number of nitrogens with zero attached hydrogens (tertiary/aromatic N) is 2. The number of carbonyl (C=O) groups excluding carboxylic acids is 2. The Morgan fingerprint density at radius 1 is 1.10 bits per heavy atom. The van der Waals surface area contributed by atoms with Crippen molar-refractivity contribution < 1.29 is 22.7 Å². The lowest BCUT2D eigenvalue weighted by Crippen LogP contribution is -2.44. The molecule has 1 unspecified atom stereocenters. The van der Waals surface area contributed by atoms with Crippen LogP contribution in [-0.4, -0.2) is 62.2 Å². The monoisotopic (exact) mass is 437 g/mol. The van der Waals surface area contributed by atoms with Crippen LogP contribution in [0, 0.1) is 5.92 Å². The molecule has 1 N–H and O–H groups in total. The summed E-state index contributed by atoms with van der Waals surface area (Å²) in [6.07, 6.45) is 4.07. The van der Waals surface area contributed by atoms with Crippen molar-refractivity contribution in [3.8, 4) is 5.75 Å². The van der Waals surface area contributed by atoms with Gasteiger partial charge in [0.05, 0.1) is 17.7 Å². The maximum Gasteiger partial charge on any atom is 0.247 e. The summed E-state index contributed by atoms with van der Waals surface area (Å²) in [5, 5.41) is 2.80. The highest BCUT2D eigenvalue weighted by molar-refractivity contribution is 7.89. The van der Waals surface area contributed by atoms with E-state index in [1.165, 1.54) is 23.5 Å². The molecule has 0 bridgehead atoms. The SMILES string of the molecule is COc1ccc(S(=O)(=O)N2CCCCC2)cc1NC(=O)C1CCCN1C(=O)C(C)C. The fourth-order valence-electron chi connectivity index (χ4n) is 4.05. The van der Waals surface area contributed by atoms with E-state index in [0.717, 1.165) is 25.7 Å². The number of benzene rings is 1. The Bertz CT molecular complexity index is 894. The predicted molar refractivity (Wildman–Crippen MR) is 114 cm³/mol. The van der Waals surface area contributed by atoms with Gasteiger partial charge in [-0.15, -0.1) is 0 Å². The van der Waals surface area contributed by atoms with Crippen LogP contribution >= 0.6 is 0 Å². The Kier molecular flexibility index (Phi) is 7.02. The third-order valence-corrected chi connectivity index (χ3v) is 7.61. The van der Waals surface area contributed by atoms with Crippen LogP contribution in [0.3, 0.4) is 0 Å². The van der Waals surface area contributed by atoms with Gasteiger partial charge in [0.25, 0.3) is 0 Å². The summed E-state index contributed by atoms with van der Waals surface area (Å²) < 4.78 is 32.9. The van der Waals surface area contributed by atoms with Gasteiger partial charge in [0.1, 0.15) is 11.8 Å². The van der Waals surface area contributed by atoms with Gasteiger partial charge in [-0.2, -0.15) is 4.31 Å². The lowest BCUT2D eigenvalue weighted by atomic mass is 10.1. The average Bonchev–Trinajstić information content (AvgIpc) is 3.23. The molecule has 2 fully saturated rings. The van der Waals surface area contributed by atoms with Crippen LogP contribution in [0.2, 0.25) is 0 Å². The van der Waals surface area contributed by atoms with Gasteiger partial charge in [0.15, 0.2) is 0 Å². The topological polar surface area (TPSA) is 96.0 Å². The summed E-state index contributed by atoms with van der Waals surface area (Å²) >= 11 is 0. The van der Waals surface area contributed by atoms with Gasteiger partial charge in [-0.1, -0.05) is 20.3 Å². The number of piperidine rings is 1. The predicted octanol–water partition coefficient (Wildman–Crippen LogP) is 2.46. The first-order valence-corrected chi connectivity index (χ1v) is 12.0. The fourth-order valence-corrected chi connectivity index (χ4v) is 5.59. The fraction of sp³-hybridized carbons (Fsp3) is 0.619. The molecule has 0 saturated carbocycles. The first kappa shape index (κ1) is 22.6. The van der Waals surface area contributed by atoms with Gasteiger partial charge in [-0.3, -0.25) is 9.59 Å². The Balaban J connectivity index is 1.84. The molecule has 0 aromatic heterocycles. The van der Waals surface area contributed by atoms with E-state index in [-0.39, 0.29) is 22.6 Å². The largest absolute Gasteiger partial charge is 0.495 e. The molecular weight excluding hydrogens is 406 g/mol. The van der Waals surface area contributed by atoms with E-state index in [1.807, 2.05) is 13.8 Å². The van der Waals surface area contributed by atoms with Crippen molar-refractivity contribution in [3.63, 3.8) is 0 Å². The van der Waals surface area contributed by atoms with Crippen molar-refractivity contribution in [2.24, 2.45) is 5.92 Å². The van der Waals surface area contributed by atoms with Gasteiger partial charge in [0.2, 0.25) is 21.8 Å². The van der Waals surface area contributed by atoms with E-state index in [1.54, 1.807) is 11.0 Å². The minimum Gasteiger partial charge on any atom is -0.495 e. The second kappa shape index (κ2) is 9.34. The molecule has 9 heteroatoms. The molecule has 0 aliphatic carbocycles. The van der Waals surface area contributed by atoms with Crippen molar-refractivity contribution in [2.75, 3.05) is 32.1 Å². The second-order valence-electron chi connectivity index (χ2n) is 8.16. The summed E-state index contributed by atoms with van der Waals surface area (Å²) in [5.74, 6) is -0.194. The maximum absolute atomic E-state index is 13.0. The molecule has 1 atom stereocenters. The van der Waals surface area contributed by atoms with Crippen molar-refractivity contribution in [3.05, 3.63) is 18.2 Å². The molecule has 2 aliphatic heterocycles. The second-order valence-corrected chi connectivity index (χ2v) is 10.1. The molecule has 2 aliphatic rings. The highest BCUT2D eigenvalue weighted by Gasteiger charge is 2.35. The smallest absolute Gasteiger partial charge is 0.247 e. The highest BCUT2D eigenvalue weighted by Crippen LogP contribution is 2.31. The van der Waals surface area contributed by atoms with Gasteiger partial charge in [0, 0.05) is 25.6 Å². The molecule has 2 heterocycles. The van der Waals surface area contributed by atoms with Crippen molar-refractivity contribution in [1.82, 2.24) is 9.21 Å². The number of methoxy groups -OCH3 is 1.